The lowest BCUT2D eigenvalue weighted by Crippen LogP contribution is -2.47. The van der Waals surface area contributed by atoms with Crippen molar-refractivity contribution < 1.29 is 17.9 Å². The normalized spacial score (nSPS) is 15.1. The van der Waals surface area contributed by atoms with Gasteiger partial charge in [0.15, 0.2) is 0 Å². The van der Waals surface area contributed by atoms with Crippen molar-refractivity contribution in [3.63, 3.8) is 0 Å². The summed E-state index contributed by atoms with van der Waals surface area (Å²) in [6, 6.07) is 23.3. The van der Waals surface area contributed by atoms with Crippen LogP contribution in [0.25, 0.3) is 0 Å². The van der Waals surface area contributed by atoms with Gasteiger partial charge in [-0.05, 0) is 80.4 Å². The maximum absolute atomic E-state index is 13.0. The van der Waals surface area contributed by atoms with Gasteiger partial charge in [-0.25, -0.2) is 8.42 Å². The smallest absolute Gasteiger partial charge is 0.243 e. The largest absolute Gasteiger partial charge is 0.457 e. The highest BCUT2D eigenvalue weighted by Crippen LogP contribution is 2.27. The van der Waals surface area contributed by atoms with Gasteiger partial charge in [0.1, 0.15) is 17.5 Å². The summed E-state index contributed by atoms with van der Waals surface area (Å²) in [5, 5.41) is 2.91. The number of sulfonamides is 1. The zero-order valence-electron chi connectivity index (χ0n) is 21.5. The fourth-order valence-corrected chi connectivity index (χ4v) is 5.82. The van der Waals surface area contributed by atoms with Crippen molar-refractivity contribution >= 4 is 21.6 Å². The van der Waals surface area contributed by atoms with Crippen LogP contribution in [-0.4, -0.2) is 44.6 Å². The minimum absolute atomic E-state index is 0.332. The Hall–Kier alpha value is -3.36. The van der Waals surface area contributed by atoms with E-state index in [4.69, 9.17) is 4.74 Å². The van der Waals surface area contributed by atoms with E-state index in [1.54, 1.807) is 31.2 Å². The Morgan fingerprint density at radius 2 is 1.57 bits per heavy atom. The van der Waals surface area contributed by atoms with Gasteiger partial charge in [-0.2, -0.15) is 0 Å². The van der Waals surface area contributed by atoms with Crippen LogP contribution in [0.4, 0.5) is 5.69 Å². The Morgan fingerprint density at radius 3 is 2.24 bits per heavy atom. The van der Waals surface area contributed by atoms with Gasteiger partial charge >= 0.3 is 0 Å². The molecule has 0 bridgehead atoms. The first-order valence-corrected chi connectivity index (χ1v) is 14.5. The fraction of sp³-hybridized carbons (Fsp3) is 0.345. The number of nitrogens with one attached hydrogen (secondary N) is 1. The predicted octanol–water partition coefficient (Wildman–Crippen LogP) is 4.94. The Balaban J connectivity index is 1.40. The molecule has 3 aromatic carbocycles. The van der Waals surface area contributed by atoms with Crippen LogP contribution < -0.4 is 14.4 Å². The second-order valence-electron chi connectivity index (χ2n) is 9.52. The van der Waals surface area contributed by atoms with Crippen LogP contribution >= 0.6 is 0 Å². The van der Waals surface area contributed by atoms with Crippen molar-refractivity contribution in [1.29, 1.82) is 0 Å². The summed E-state index contributed by atoms with van der Waals surface area (Å²) >= 11 is 0. The first-order chi connectivity index (χ1) is 17.8. The third-order valence-corrected chi connectivity index (χ3v) is 7.71. The van der Waals surface area contributed by atoms with Crippen molar-refractivity contribution in [2.24, 2.45) is 0 Å². The van der Waals surface area contributed by atoms with Crippen LogP contribution in [0.2, 0.25) is 0 Å². The third kappa shape index (κ3) is 7.57. The number of anilines is 1. The Labute approximate surface area is 220 Å². The van der Waals surface area contributed by atoms with Crippen molar-refractivity contribution in [3.8, 4) is 11.5 Å². The summed E-state index contributed by atoms with van der Waals surface area (Å²) < 4.78 is 32.3. The van der Waals surface area contributed by atoms with E-state index in [0.29, 0.717) is 23.7 Å². The first kappa shape index (κ1) is 26.7. The lowest BCUT2D eigenvalue weighted by molar-refractivity contribution is -0.122. The number of nitrogens with zero attached hydrogens (tertiary/aromatic N) is 2. The van der Waals surface area contributed by atoms with Gasteiger partial charge in [-0.15, -0.1) is 0 Å². The van der Waals surface area contributed by atoms with Crippen molar-refractivity contribution in [2.45, 2.75) is 45.3 Å². The number of rotatable bonds is 10. The SMILES string of the molecule is C[C@H](C(=O)NCc1cccc(CN2CCCCC2)c1)N(c1ccc(Oc2ccccc2)cc1)S(C)(=O)=O. The van der Waals surface area contributed by atoms with Gasteiger partial charge in [-0.3, -0.25) is 14.0 Å². The second-order valence-corrected chi connectivity index (χ2v) is 11.4. The van der Waals surface area contributed by atoms with Crippen LogP contribution in [0, 0.1) is 0 Å². The zero-order chi connectivity index (χ0) is 26.3. The van der Waals surface area contributed by atoms with Crippen molar-refractivity contribution in [2.75, 3.05) is 23.7 Å². The number of hydrogen-bond donors (Lipinski definition) is 1. The summed E-state index contributed by atoms with van der Waals surface area (Å²) in [7, 11) is -3.71. The molecule has 1 saturated heterocycles. The minimum atomic E-state index is -3.71. The van der Waals surface area contributed by atoms with E-state index in [1.165, 1.54) is 24.8 Å². The van der Waals surface area contributed by atoms with Gasteiger partial charge in [0.25, 0.3) is 0 Å². The molecule has 1 aliphatic heterocycles. The lowest BCUT2D eigenvalue weighted by Gasteiger charge is -2.28. The van der Waals surface area contributed by atoms with E-state index >= 15 is 0 Å². The number of benzene rings is 3. The Bertz CT molecular complexity index is 1270. The standard InChI is InChI=1S/C29H35N3O4S/c1-23(29(33)30-21-24-10-9-11-25(20-24)22-31-18-7-4-8-19-31)32(37(2,34)35)26-14-16-28(17-15-26)36-27-12-5-3-6-13-27/h3,5-6,9-17,20,23H,4,7-8,18-19,21-22H2,1-2H3,(H,30,33)/t23-/m1/s1. The number of ether oxygens (including phenoxy) is 1. The minimum Gasteiger partial charge on any atom is -0.457 e. The highest BCUT2D eigenvalue weighted by atomic mass is 32.2. The monoisotopic (exact) mass is 521 g/mol. The van der Waals surface area contributed by atoms with E-state index in [0.717, 1.165) is 35.8 Å². The Morgan fingerprint density at radius 1 is 0.919 bits per heavy atom. The maximum atomic E-state index is 13.0. The van der Waals surface area contributed by atoms with E-state index in [1.807, 2.05) is 42.5 Å². The quantitative estimate of drug-likeness (QED) is 0.409. The molecule has 1 N–H and O–H groups in total. The summed E-state index contributed by atoms with van der Waals surface area (Å²) in [4.78, 5) is 15.5. The van der Waals surface area contributed by atoms with Gasteiger partial charge in [0.05, 0.1) is 11.9 Å². The van der Waals surface area contributed by atoms with E-state index in [9.17, 15) is 13.2 Å². The van der Waals surface area contributed by atoms with Crippen molar-refractivity contribution in [3.05, 3.63) is 90.0 Å². The first-order valence-electron chi connectivity index (χ1n) is 12.7. The molecule has 3 aromatic rings. The van der Waals surface area contributed by atoms with Crippen molar-refractivity contribution in [1.82, 2.24) is 10.2 Å². The van der Waals surface area contributed by atoms with E-state index < -0.39 is 16.1 Å². The summed E-state index contributed by atoms with van der Waals surface area (Å²) in [5.74, 6) is 0.893. The number of carbonyl (C=O) groups excluding carboxylic acids is 1. The summed E-state index contributed by atoms with van der Waals surface area (Å²) in [6.07, 6.45) is 4.90. The molecular weight excluding hydrogens is 486 g/mol. The van der Waals surface area contributed by atoms with Gasteiger partial charge in [0, 0.05) is 13.1 Å². The van der Waals surface area contributed by atoms with Gasteiger partial charge in [-0.1, -0.05) is 48.9 Å². The highest BCUT2D eigenvalue weighted by Gasteiger charge is 2.29. The molecule has 4 rings (SSSR count). The summed E-state index contributed by atoms with van der Waals surface area (Å²) in [5.41, 5.74) is 2.61. The number of carbonyl (C=O) groups is 1. The zero-order valence-corrected chi connectivity index (χ0v) is 22.3. The van der Waals surface area contributed by atoms with Crippen LogP contribution in [0.3, 0.4) is 0 Å². The molecule has 1 amide bonds. The predicted molar refractivity (Wildman–Crippen MR) is 147 cm³/mol. The molecular formula is C29H35N3O4S. The molecule has 7 nitrogen and oxygen atoms in total. The van der Waals surface area contributed by atoms with Crippen LogP contribution in [-0.2, 0) is 27.9 Å². The number of piperidine rings is 1. The third-order valence-electron chi connectivity index (χ3n) is 6.47. The molecule has 0 spiro atoms. The molecule has 0 radical (unpaired) electrons. The molecule has 0 unspecified atom stereocenters. The number of hydrogen-bond acceptors (Lipinski definition) is 5. The van der Waals surface area contributed by atoms with Gasteiger partial charge in [0.2, 0.25) is 15.9 Å². The van der Waals surface area contributed by atoms with Crippen LogP contribution in [0.15, 0.2) is 78.9 Å². The van der Waals surface area contributed by atoms with Gasteiger partial charge < -0.3 is 10.1 Å². The average molecular weight is 522 g/mol. The molecule has 1 atom stereocenters. The topological polar surface area (TPSA) is 79.0 Å². The molecule has 1 aliphatic rings. The maximum Gasteiger partial charge on any atom is 0.243 e. The summed E-state index contributed by atoms with van der Waals surface area (Å²) in [6.45, 7) is 5.08. The highest BCUT2D eigenvalue weighted by molar-refractivity contribution is 7.92. The van der Waals surface area contributed by atoms with E-state index in [-0.39, 0.29) is 5.91 Å². The molecule has 196 valence electrons. The van der Waals surface area contributed by atoms with Crippen LogP contribution in [0.5, 0.6) is 11.5 Å². The fourth-order valence-electron chi connectivity index (χ4n) is 4.65. The van der Waals surface area contributed by atoms with E-state index in [2.05, 4.69) is 22.3 Å². The molecule has 1 fully saturated rings. The lowest BCUT2D eigenvalue weighted by atomic mass is 10.1. The number of likely N-dealkylation sites (tertiary alicyclic amines) is 1. The van der Waals surface area contributed by atoms with Crippen LogP contribution in [0.1, 0.15) is 37.3 Å². The second kappa shape index (κ2) is 12.3. The Kier molecular flexibility index (Phi) is 8.84. The number of amides is 1. The molecule has 0 aromatic heterocycles. The molecule has 37 heavy (non-hydrogen) atoms. The molecule has 1 heterocycles. The molecule has 0 aliphatic carbocycles. The molecule has 8 heteroatoms. The number of para-hydroxylation sites is 1. The average Bonchev–Trinajstić information content (AvgIpc) is 2.89. The molecule has 0 saturated carbocycles.